The Morgan fingerprint density at radius 2 is 2.31 bits per heavy atom. The van der Waals surface area contributed by atoms with Crippen molar-refractivity contribution in [3.05, 3.63) is 0 Å². The van der Waals surface area contributed by atoms with E-state index in [-0.39, 0.29) is 0 Å². The highest BCUT2D eigenvalue weighted by Crippen LogP contribution is 2.20. The van der Waals surface area contributed by atoms with Gasteiger partial charge in [-0.1, -0.05) is 6.92 Å². The van der Waals surface area contributed by atoms with E-state index in [4.69, 9.17) is 5.73 Å². The summed E-state index contributed by atoms with van der Waals surface area (Å²) in [6.45, 7) is 4.75. The standard InChI is InChI=1S/C11H24N2/c1-3-11(12)7-6-10-5-4-8-13(2)9-10/h10-11H,3-9,12H2,1-2H3. The number of piperidine rings is 1. The van der Waals surface area contributed by atoms with Crippen molar-refractivity contribution < 1.29 is 0 Å². The van der Waals surface area contributed by atoms with E-state index in [1.54, 1.807) is 0 Å². The average Bonchev–Trinajstić information content (AvgIpc) is 2.14. The van der Waals surface area contributed by atoms with Crippen LogP contribution in [0.3, 0.4) is 0 Å². The van der Waals surface area contributed by atoms with Crippen LogP contribution in [0.4, 0.5) is 0 Å². The van der Waals surface area contributed by atoms with E-state index in [1.807, 2.05) is 0 Å². The summed E-state index contributed by atoms with van der Waals surface area (Å²) in [5, 5.41) is 0. The zero-order valence-electron chi connectivity index (χ0n) is 9.13. The van der Waals surface area contributed by atoms with Crippen LogP contribution in [-0.2, 0) is 0 Å². The van der Waals surface area contributed by atoms with E-state index in [9.17, 15) is 0 Å². The molecule has 0 aromatic carbocycles. The van der Waals surface area contributed by atoms with Crippen molar-refractivity contribution in [2.45, 2.75) is 45.1 Å². The number of hydrogen-bond acceptors (Lipinski definition) is 2. The van der Waals surface area contributed by atoms with Crippen molar-refractivity contribution in [1.82, 2.24) is 4.90 Å². The number of rotatable bonds is 4. The third-order valence-electron chi connectivity index (χ3n) is 3.19. The Labute approximate surface area is 82.5 Å². The Bertz CT molecular complexity index is 136. The highest BCUT2D eigenvalue weighted by Gasteiger charge is 2.17. The lowest BCUT2D eigenvalue weighted by Gasteiger charge is -2.30. The maximum absolute atomic E-state index is 5.91. The molecule has 2 atom stereocenters. The van der Waals surface area contributed by atoms with Gasteiger partial charge in [-0.3, -0.25) is 0 Å². The minimum absolute atomic E-state index is 0.437. The Kier molecular flexibility index (Phi) is 4.74. The predicted molar refractivity (Wildman–Crippen MR) is 57.7 cm³/mol. The molecule has 1 heterocycles. The first-order valence-corrected chi connectivity index (χ1v) is 5.66. The SMILES string of the molecule is CCC(N)CCC1CCCN(C)C1. The second kappa shape index (κ2) is 5.61. The molecule has 1 aliphatic heterocycles. The summed E-state index contributed by atoms with van der Waals surface area (Å²) >= 11 is 0. The van der Waals surface area contributed by atoms with Gasteiger partial charge in [0.15, 0.2) is 0 Å². The fraction of sp³-hybridized carbons (Fsp3) is 1.00. The molecule has 0 spiro atoms. The van der Waals surface area contributed by atoms with Crippen LogP contribution in [0, 0.1) is 5.92 Å². The van der Waals surface area contributed by atoms with E-state index in [0.29, 0.717) is 6.04 Å². The zero-order chi connectivity index (χ0) is 9.68. The van der Waals surface area contributed by atoms with Crippen LogP contribution >= 0.6 is 0 Å². The van der Waals surface area contributed by atoms with Crippen LogP contribution in [-0.4, -0.2) is 31.1 Å². The van der Waals surface area contributed by atoms with E-state index in [2.05, 4.69) is 18.9 Å². The van der Waals surface area contributed by atoms with Gasteiger partial charge in [0, 0.05) is 12.6 Å². The number of likely N-dealkylation sites (tertiary alicyclic amines) is 1. The van der Waals surface area contributed by atoms with Crippen LogP contribution in [0.5, 0.6) is 0 Å². The van der Waals surface area contributed by atoms with Crippen LogP contribution in [0.1, 0.15) is 39.0 Å². The molecule has 1 rings (SSSR count). The maximum Gasteiger partial charge on any atom is 0.00363 e. The summed E-state index contributed by atoms with van der Waals surface area (Å²) in [6, 6.07) is 0.437. The second-order valence-electron chi connectivity index (χ2n) is 4.52. The summed E-state index contributed by atoms with van der Waals surface area (Å²) in [7, 11) is 2.23. The fourth-order valence-electron chi connectivity index (χ4n) is 2.16. The molecule has 2 heteroatoms. The van der Waals surface area contributed by atoms with E-state index < -0.39 is 0 Å². The molecule has 0 radical (unpaired) electrons. The Balaban J connectivity index is 2.13. The first-order valence-electron chi connectivity index (χ1n) is 5.66. The Morgan fingerprint density at radius 1 is 1.54 bits per heavy atom. The van der Waals surface area contributed by atoms with E-state index in [1.165, 1.54) is 38.8 Å². The van der Waals surface area contributed by atoms with Crippen molar-refractivity contribution >= 4 is 0 Å². The molecule has 0 aliphatic carbocycles. The molecule has 2 nitrogen and oxygen atoms in total. The molecule has 0 saturated carbocycles. The van der Waals surface area contributed by atoms with Gasteiger partial charge < -0.3 is 10.6 Å². The highest BCUT2D eigenvalue weighted by atomic mass is 15.1. The molecule has 1 fully saturated rings. The van der Waals surface area contributed by atoms with Crippen LogP contribution in [0.2, 0.25) is 0 Å². The first kappa shape index (κ1) is 11.0. The molecular formula is C11H24N2. The van der Waals surface area contributed by atoms with E-state index in [0.717, 1.165) is 12.3 Å². The topological polar surface area (TPSA) is 29.3 Å². The molecule has 0 amide bonds. The van der Waals surface area contributed by atoms with Gasteiger partial charge in [0.2, 0.25) is 0 Å². The molecule has 78 valence electrons. The predicted octanol–water partition coefficient (Wildman–Crippen LogP) is 1.85. The smallest absolute Gasteiger partial charge is 0.00363 e. The molecule has 1 aliphatic rings. The molecule has 13 heavy (non-hydrogen) atoms. The van der Waals surface area contributed by atoms with Crippen molar-refractivity contribution in [3.8, 4) is 0 Å². The van der Waals surface area contributed by atoms with Crippen molar-refractivity contribution in [2.24, 2.45) is 11.7 Å². The molecule has 2 N–H and O–H groups in total. The first-order chi connectivity index (χ1) is 6.22. The lowest BCUT2D eigenvalue weighted by molar-refractivity contribution is 0.197. The normalized spacial score (nSPS) is 27.5. The largest absolute Gasteiger partial charge is 0.328 e. The van der Waals surface area contributed by atoms with Gasteiger partial charge in [0.05, 0.1) is 0 Å². The molecule has 0 aromatic heterocycles. The summed E-state index contributed by atoms with van der Waals surface area (Å²) in [4.78, 5) is 2.45. The van der Waals surface area contributed by atoms with E-state index >= 15 is 0 Å². The minimum atomic E-state index is 0.437. The summed E-state index contributed by atoms with van der Waals surface area (Å²) < 4.78 is 0. The maximum atomic E-state index is 5.91. The number of nitrogens with zero attached hydrogens (tertiary/aromatic N) is 1. The van der Waals surface area contributed by atoms with Gasteiger partial charge in [0.25, 0.3) is 0 Å². The second-order valence-corrected chi connectivity index (χ2v) is 4.52. The van der Waals surface area contributed by atoms with Crippen molar-refractivity contribution in [3.63, 3.8) is 0 Å². The highest BCUT2D eigenvalue weighted by molar-refractivity contribution is 4.72. The van der Waals surface area contributed by atoms with Crippen LogP contribution in [0.15, 0.2) is 0 Å². The summed E-state index contributed by atoms with van der Waals surface area (Å²) in [6.07, 6.45) is 6.47. The molecule has 0 aromatic rings. The zero-order valence-corrected chi connectivity index (χ0v) is 9.13. The van der Waals surface area contributed by atoms with Gasteiger partial charge in [-0.05, 0) is 51.6 Å². The van der Waals surface area contributed by atoms with Crippen molar-refractivity contribution in [1.29, 1.82) is 0 Å². The molecule has 2 unspecified atom stereocenters. The lowest BCUT2D eigenvalue weighted by atomic mass is 9.92. The third-order valence-corrected chi connectivity index (χ3v) is 3.19. The molecular weight excluding hydrogens is 160 g/mol. The Morgan fingerprint density at radius 3 is 2.92 bits per heavy atom. The van der Waals surface area contributed by atoms with Gasteiger partial charge in [0.1, 0.15) is 0 Å². The lowest BCUT2D eigenvalue weighted by Crippen LogP contribution is -2.33. The van der Waals surface area contributed by atoms with Crippen LogP contribution in [0.25, 0.3) is 0 Å². The summed E-state index contributed by atoms with van der Waals surface area (Å²) in [5.41, 5.74) is 5.91. The van der Waals surface area contributed by atoms with Gasteiger partial charge in [-0.15, -0.1) is 0 Å². The van der Waals surface area contributed by atoms with Gasteiger partial charge >= 0.3 is 0 Å². The monoisotopic (exact) mass is 184 g/mol. The third kappa shape index (κ3) is 4.10. The van der Waals surface area contributed by atoms with Gasteiger partial charge in [-0.2, -0.15) is 0 Å². The average molecular weight is 184 g/mol. The fourth-order valence-corrected chi connectivity index (χ4v) is 2.16. The molecule has 0 bridgehead atoms. The number of hydrogen-bond donors (Lipinski definition) is 1. The van der Waals surface area contributed by atoms with Crippen molar-refractivity contribution in [2.75, 3.05) is 20.1 Å². The summed E-state index contributed by atoms with van der Waals surface area (Å²) in [5.74, 6) is 0.913. The molecule has 1 saturated heterocycles. The van der Waals surface area contributed by atoms with Gasteiger partial charge in [-0.25, -0.2) is 0 Å². The van der Waals surface area contributed by atoms with Crippen LogP contribution < -0.4 is 5.73 Å². The minimum Gasteiger partial charge on any atom is -0.328 e. The quantitative estimate of drug-likeness (QED) is 0.722. The number of nitrogens with two attached hydrogens (primary N) is 1. The Hall–Kier alpha value is -0.0800.